The number of pyridine rings is 1. The van der Waals surface area contributed by atoms with Crippen molar-refractivity contribution in [2.45, 2.75) is 19.3 Å². The molecule has 3 rings (SSSR count). The Bertz CT molecular complexity index is 623. The predicted molar refractivity (Wildman–Crippen MR) is 84.9 cm³/mol. The molecule has 0 spiro atoms. The van der Waals surface area contributed by atoms with Crippen LogP contribution in [0.5, 0.6) is 0 Å². The molecule has 2 aromatic rings. The molecule has 2 heterocycles. The maximum atomic E-state index is 14.1. The van der Waals surface area contributed by atoms with Gasteiger partial charge in [-0.2, -0.15) is 0 Å². The zero-order chi connectivity index (χ0) is 14.7. The maximum absolute atomic E-state index is 14.1. The number of benzene rings is 1. The van der Waals surface area contributed by atoms with Gasteiger partial charge in [0, 0.05) is 30.4 Å². The number of rotatable bonds is 4. The molecule has 1 aromatic heterocycles. The number of nitrogen functional groups attached to an aromatic ring is 1. The van der Waals surface area contributed by atoms with Crippen molar-refractivity contribution in [3.05, 3.63) is 30.2 Å². The number of nitrogens with zero attached hydrogens (tertiary/aromatic N) is 2. The van der Waals surface area contributed by atoms with E-state index in [9.17, 15) is 4.39 Å². The van der Waals surface area contributed by atoms with Crippen LogP contribution in [0, 0.1) is 5.82 Å². The van der Waals surface area contributed by atoms with Crippen molar-refractivity contribution in [2.24, 2.45) is 0 Å². The highest BCUT2D eigenvalue weighted by atomic mass is 19.1. The third-order valence-electron chi connectivity index (χ3n) is 4.06. The number of hydrogen-bond acceptors (Lipinski definition) is 4. The Morgan fingerprint density at radius 3 is 2.90 bits per heavy atom. The molecule has 0 radical (unpaired) electrons. The molecular weight excluding hydrogens is 267 g/mol. The fourth-order valence-corrected chi connectivity index (χ4v) is 2.93. The Labute approximate surface area is 124 Å². The van der Waals surface area contributed by atoms with Crippen LogP contribution < -0.4 is 11.1 Å². The van der Waals surface area contributed by atoms with Gasteiger partial charge in [0.2, 0.25) is 0 Å². The highest BCUT2D eigenvalue weighted by molar-refractivity contribution is 5.98. The summed E-state index contributed by atoms with van der Waals surface area (Å²) in [5.74, 6) is -0.336. The molecule has 5 heteroatoms. The number of anilines is 2. The predicted octanol–water partition coefficient (Wildman–Crippen LogP) is 2.85. The lowest BCUT2D eigenvalue weighted by atomic mass is 10.1. The Balaban J connectivity index is 1.74. The summed E-state index contributed by atoms with van der Waals surface area (Å²) in [4.78, 5) is 6.69. The number of piperidine rings is 1. The van der Waals surface area contributed by atoms with E-state index < -0.39 is 0 Å². The first-order chi connectivity index (χ1) is 10.3. The van der Waals surface area contributed by atoms with Crippen LogP contribution in [-0.2, 0) is 0 Å². The zero-order valence-electron chi connectivity index (χ0n) is 12.1. The van der Waals surface area contributed by atoms with E-state index >= 15 is 0 Å². The number of nitrogens with two attached hydrogens (primary N) is 1. The van der Waals surface area contributed by atoms with Gasteiger partial charge in [-0.1, -0.05) is 6.42 Å². The molecule has 1 fully saturated rings. The van der Waals surface area contributed by atoms with Gasteiger partial charge < -0.3 is 16.0 Å². The summed E-state index contributed by atoms with van der Waals surface area (Å²) in [7, 11) is 0. The molecule has 0 amide bonds. The summed E-state index contributed by atoms with van der Waals surface area (Å²) in [5.41, 5.74) is 7.34. The second-order valence-corrected chi connectivity index (χ2v) is 5.55. The van der Waals surface area contributed by atoms with Crippen molar-refractivity contribution >= 4 is 22.3 Å². The van der Waals surface area contributed by atoms with Crippen molar-refractivity contribution in [3.8, 4) is 0 Å². The monoisotopic (exact) mass is 288 g/mol. The van der Waals surface area contributed by atoms with Crippen LogP contribution in [0.15, 0.2) is 24.4 Å². The Morgan fingerprint density at radius 2 is 2.10 bits per heavy atom. The summed E-state index contributed by atoms with van der Waals surface area (Å²) < 4.78 is 14.1. The first kappa shape index (κ1) is 14.1. The van der Waals surface area contributed by atoms with Crippen LogP contribution in [-0.4, -0.2) is 36.1 Å². The third-order valence-corrected chi connectivity index (χ3v) is 4.06. The number of nitrogens with one attached hydrogen (secondary N) is 1. The van der Waals surface area contributed by atoms with E-state index in [4.69, 9.17) is 5.73 Å². The minimum Gasteiger partial charge on any atom is -0.398 e. The van der Waals surface area contributed by atoms with E-state index in [0.29, 0.717) is 23.4 Å². The van der Waals surface area contributed by atoms with Crippen molar-refractivity contribution in [1.29, 1.82) is 0 Å². The molecule has 0 saturated carbocycles. The molecule has 1 aliphatic heterocycles. The van der Waals surface area contributed by atoms with Crippen molar-refractivity contribution in [1.82, 2.24) is 9.88 Å². The van der Waals surface area contributed by atoms with Gasteiger partial charge in [-0.25, -0.2) is 4.39 Å². The zero-order valence-corrected chi connectivity index (χ0v) is 12.1. The molecule has 1 aliphatic rings. The summed E-state index contributed by atoms with van der Waals surface area (Å²) in [5, 5.41) is 3.99. The fraction of sp³-hybridized carbons (Fsp3) is 0.438. The van der Waals surface area contributed by atoms with Crippen molar-refractivity contribution < 1.29 is 4.39 Å². The summed E-state index contributed by atoms with van der Waals surface area (Å²) >= 11 is 0. The van der Waals surface area contributed by atoms with Crippen LogP contribution in [0.2, 0.25) is 0 Å². The molecule has 0 unspecified atom stereocenters. The maximum Gasteiger partial charge on any atom is 0.150 e. The highest BCUT2D eigenvalue weighted by Crippen LogP contribution is 2.29. The van der Waals surface area contributed by atoms with Crippen LogP contribution in [0.3, 0.4) is 0 Å². The summed E-state index contributed by atoms with van der Waals surface area (Å²) in [6.45, 7) is 3.93. The van der Waals surface area contributed by atoms with Crippen LogP contribution in [0.25, 0.3) is 10.9 Å². The van der Waals surface area contributed by atoms with E-state index in [2.05, 4.69) is 15.2 Å². The Hall–Kier alpha value is -1.88. The Morgan fingerprint density at radius 1 is 1.29 bits per heavy atom. The third kappa shape index (κ3) is 3.08. The molecular formula is C16H21FN4. The van der Waals surface area contributed by atoms with Gasteiger partial charge in [-0.15, -0.1) is 0 Å². The molecule has 112 valence electrons. The number of fused-ring (bicyclic) bond motifs is 1. The van der Waals surface area contributed by atoms with Gasteiger partial charge in [0.25, 0.3) is 0 Å². The van der Waals surface area contributed by atoms with E-state index in [1.165, 1.54) is 25.3 Å². The SMILES string of the molecule is Nc1cc(F)c(NCCN2CCCCC2)c2ncccc12. The average molecular weight is 288 g/mol. The van der Waals surface area contributed by atoms with Crippen LogP contribution >= 0.6 is 0 Å². The number of likely N-dealkylation sites (tertiary alicyclic amines) is 1. The van der Waals surface area contributed by atoms with Gasteiger partial charge in [0.05, 0.1) is 11.2 Å². The quantitative estimate of drug-likeness (QED) is 0.849. The molecule has 0 atom stereocenters. The number of aromatic nitrogens is 1. The molecule has 3 N–H and O–H groups in total. The van der Waals surface area contributed by atoms with Gasteiger partial charge in [0.1, 0.15) is 0 Å². The normalized spacial score (nSPS) is 16.2. The summed E-state index contributed by atoms with van der Waals surface area (Å²) in [6, 6.07) is 5.05. The van der Waals surface area contributed by atoms with Crippen LogP contribution in [0.1, 0.15) is 19.3 Å². The largest absolute Gasteiger partial charge is 0.398 e. The lowest BCUT2D eigenvalue weighted by Gasteiger charge is -2.26. The standard InChI is InChI=1S/C16H21FN4/c17-13-11-14(18)12-5-4-6-19-15(12)16(13)20-7-10-21-8-2-1-3-9-21/h4-6,11,20H,1-3,7-10,18H2. The van der Waals surface area contributed by atoms with Crippen LogP contribution in [0.4, 0.5) is 15.8 Å². The Kier molecular flexibility index (Phi) is 4.20. The van der Waals surface area contributed by atoms with Crippen molar-refractivity contribution in [2.75, 3.05) is 37.2 Å². The molecule has 0 aliphatic carbocycles. The van der Waals surface area contributed by atoms with E-state index in [1.54, 1.807) is 6.20 Å². The van der Waals surface area contributed by atoms with Gasteiger partial charge in [-0.05, 0) is 44.1 Å². The van der Waals surface area contributed by atoms with E-state index in [1.807, 2.05) is 12.1 Å². The second kappa shape index (κ2) is 6.26. The number of hydrogen-bond donors (Lipinski definition) is 2. The smallest absolute Gasteiger partial charge is 0.150 e. The van der Waals surface area contributed by atoms with Gasteiger partial charge in [-0.3, -0.25) is 4.98 Å². The molecule has 1 saturated heterocycles. The molecule has 21 heavy (non-hydrogen) atoms. The number of halogens is 1. The fourth-order valence-electron chi connectivity index (χ4n) is 2.93. The summed E-state index contributed by atoms with van der Waals surface area (Å²) in [6.07, 6.45) is 5.52. The second-order valence-electron chi connectivity index (χ2n) is 5.55. The minimum atomic E-state index is -0.336. The molecule has 4 nitrogen and oxygen atoms in total. The lowest BCUT2D eigenvalue weighted by molar-refractivity contribution is 0.237. The highest BCUT2D eigenvalue weighted by Gasteiger charge is 2.13. The van der Waals surface area contributed by atoms with Gasteiger partial charge in [0.15, 0.2) is 5.82 Å². The van der Waals surface area contributed by atoms with E-state index in [0.717, 1.165) is 25.0 Å². The topological polar surface area (TPSA) is 54.2 Å². The first-order valence-corrected chi connectivity index (χ1v) is 7.54. The van der Waals surface area contributed by atoms with E-state index in [-0.39, 0.29) is 5.82 Å². The molecule has 1 aromatic carbocycles. The molecule has 0 bridgehead atoms. The average Bonchev–Trinajstić information content (AvgIpc) is 2.51. The van der Waals surface area contributed by atoms with Crippen molar-refractivity contribution in [3.63, 3.8) is 0 Å². The minimum absolute atomic E-state index is 0.336. The first-order valence-electron chi connectivity index (χ1n) is 7.54. The lowest BCUT2D eigenvalue weighted by Crippen LogP contribution is -2.33. The van der Waals surface area contributed by atoms with Gasteiger partial charge >= 0.3 is 0 Å².